The van der Waals surface area contributed by atoms with Crippen molar-refractivity contribution in [2.45, 2.75) is 19.9 Å². The molecule has 0 saturated heterocycles. The molecule has 6 heteroatoms. The summed E-state index contributed by atoms with van der Waals surface area (Å²) in [4.78, 5) is 18.4. The maximum absolute atomic E-state index is 12.5. The number of carbonyl (C=O) groups excluding carboxylic acids is 1. The quantitative estimate of drug-likeness (QED) is 0.682. The Morgan fingerprint density at radius 3 is 2.77 bits per heavy atom. The highest BCUT2D eigenvalue weighted by molar-refractivity contribution is 5.79. The van der Waals surface area contributed by atoms with Gasteiger partial charge >= 0.3 is 0 Å². The molecule has 2 aromatic carbocycles. The van der Waals surface area contributed by atoms with E-state index in [0.29, 0.717) is 17.5 Å². The zero-order chi connectivity index (χ0) is 18.5. The SMILES string of the molecule is COc1ccccc1CC(=O)N(C)Cc1nc(-c2cccc(C)c2)no1. The molecular formula is C20H21N3O3. The number of ether oxygens (including phenoxy) is 1. The molecule has 1 amide bonds. The fourth-order valence-electron chi connectivity index (χ4n) is 2.66. The van der Waals surface area contributed by atoms with Crippen molar-refractivity contribution in [3.63, 3.8) is 0 Å². The van der Waals surface area contributed by atoms with Gasteiger partial charge in [0.15, 0.2) is 0 Å². The zero-order valence-corrected chi connectivity index (χ0v) is 15.1. The zero-order valence-electron chi connectivity index (χ0n) is 15.1. The predicted octanol–water partition coefficient (Wildman–Crippen LogP) is 3.25. The van der Waals surface area contributed by atoms with Gasteiger partial charge in [-0.1, -0.05) is 47.1 Å². The molecule has 3 aromatic rings. The number of aryl methyl sites for hydroxylation is 1. The Hall–Kier alpha value is -3.15. The number of nitrogens with zero attached hydrogens (tertiary/aromatic N) is 3. The Morgan fingerprint density at radius 2 is 2.00 bits per heavy atom. The van der Waals surface area contributed by atoms with E-state index >= 15 is 0 Å². The van der Waals surface area contributed by atoms with Crippen LogP contribution in [-0.4, -0.2) is 35.1 Å². The third-order valence-corrected chi connectivity index (χ3v) is 4.08. The van der Waals surface area contributed by atoms with Crippen molar-refractivity contribution >= 4 is 5.91 Å². The lowest BCUT2D eigenvalue weighted by molar-refractivity contribution is -0.130. The van der Waals surface area contributed by atoms with Crippen LogP contribution >= 0.6 is 0 Å². The van der Waals surface area contributed by atoms with E-state index in [9.17, 15) is 4.79 Å². The van der Waals surface area contributed by atoms with Crippen LogP contribution in [0.4, 0.5) is 0 Å². The third-order valence-electron chi connectivity index (χ3n) is 4.08. The minimum Gasteiger partial charge on any atom is -0.496 e. The number of aromatic nitrogens is 2. The van der Waals surface area contributed by atoms with E-state index in [2.05, 4.69) is 10.1 Å². The first-order valence-electron chi connectivity index (χ1n) is 8.32. The van der Waals surface area contributed by atoms with Gasteiger partial charge in [-0.2, -0.15) is 4.98 Å². The van der Waals surface area contributed by atoms with Gasteiger partial charge in [0.25, 0.3) is 0 Å². The lowest BCUT2D eigenvalue weighted by atomic mass is 10.1. The Kier molecular flexibility index (Phi) is 5.31. The van der Waals surface area contributed by atoms with Crippen molar-refractivity contribution < 1.29 is 14.1 Å². The molecule has 0 atom stereocenters. The van der Waals surface area contributed by atoms with Gasteiger partial charge in [-0.15, -0.1) is 0 Å². The van der Waals surface area contributed by atoms with E-state index in [0.717, 1.165) is 16.7 Å². The van der Waals surface area contributed by atoms with E-state index in [1.807, 2.05) is 55.5 Å². The molecule has 26 heavy (non-hydrogen) atoms. The smallest absolute Gasteiger partial charge is 0.246 e. The first-order valence-corrected chi connectivity index (χ1v) is 8.32. The fourth-order valence-corrected chi connectivity index (χ4v) is 2.66. The maximum atomic E-state index is 12.5. The molecule has 0 aliphatic rings. The lowest BCUT2D eigenvalue weighted by Crippen LogP contribution is -2.28. The van der Waals surface area contributed by atoms with Crippen molar-refractivity contribution in [2.24, 2.45) is 0 Å². The summed E-state index contributed by atoms with van der Waals surface area (Å²) in [6.07, 6.45) is 0.249. The summed E-state index contributed by atoms with van der Waals surface area (Å²) < 4.78 is 10.6. The summed E-state index contributed by atoms with van der Waals surface area (Å²) in [5.74, 6) is 1.57. The van der Waals surface area contributed by atoms with Crippen molar-refractivity contribution in [3.05, 3.63) is 65.5 Å². The van der Waals surface area contributed by atoms with Gasteiger partial charge in [0, 0.05) is 18.2 Å². The summed E-state index contributed by atoms with van der Waals surface area (Å²) in [6, 6.07) is 15.4. The summed E-state index contributed by atoms with van der Waals surface area (Å²) >= 11 is 0. The average Bonchev–Trinajstić information content (AvgIpc) is 3.10. The van der Waals surface area contributed by atoms with Crippen LogP contribution in [0.3, 0.4) is 0 Å². The van der Waals surface area contributed by atoms with Crippen molar-refractivity contribution in [2.75, 3.05) is 14.2 Å². The van der Waals surface area contributed by atoms with Gasteiger partial charge in [0.05, 0.1) is 20.1 Å². The molecule has 0 unspecified atom stereocenters. The average molecular weight is 351 g/mol. The molecule has 134 valence electrons. The highest BCUT2D eigenvalue weighted by Gasteiger charge is 2.16. The van der Waals surface area contributed by atoms with Crippen LogP contribution in [0.1, 0.15) is 17.0 Å². The van der Waals surface area contributed by atoms with Gasteiger partial charge in [0.2, 0.25) is 17.6 Å². The molecule has 1 aromatic heterocycles. The van der Waals surface area contributed by atoms with E-state index in [-0.39, 0.29) is 18.9 Å². The summed E-state index contributed by atoms with van der Waals surface area (Å²) in [6.45, 7) is 2.27. The standard InChI is InChI=1S/C20H21N3O3/c1-14-7-6-9-16(11-14)20-21-18(26-22-20)13-23(2)19(24)12-15-8-4-5-10-17(15)25-3/h4-11H,12-13H2,1-3H3. The van der Waals surface area contributed by atoms with Gasteiger partial charge in [-0.05, 0) is 19.1 Å². The second kappa shape index (κ2) is 7.82. The van der Waals surface area contributed by atoms with E-state index in [1.54, 1.807) is 19.1 Å². The maximum Gasteiger partial charge on any atom is 0.246 e. The first-order chi connectivity index (χ1) is 12.6. The molecule has 0 aliphatic heterocycles. The molecule has 0 radical (unpaired) electrons. The van der Waals surface area contributed by atoms with Gasteiger partial charge < -0.3 is 14.2 Å². The number of amides is 1. The highest BCUT2D eigenvalue weighted by atomic mass is 16.5. The largest absolute Gasteiger partial charge is 0.496 e. The van der Waals surface area contributed by atoms with Crippen LogP contribution in [0.15, 0.2) is 53.1 Å². The molecule has 6 nitrogen and oxygen atoms in total. The molecule has 3 rings (SSSR count). The molecule has 1 heterocycles. The Balaban J connectivity index is 1.66. The van der Waals surface area contributed by atoms with Crippen molar-refractivity contribution in [1.29, 1.82) is 0 Å². The van der Waals surface area contributed by atoms with E-state index in [4.69, 9.17) is 9.26 Å². The molecular weight excluding hydrogens is 330 g/mol. The van der Waals surface area contributed by atoms with E-state index < -0.39 is 0 Å². The second-order valence-electron chi connectivity index (χ2n) is 6.12. The Labute approximate surface area is 152 Å². The Bertz CT molecular complexity index is 905. The Morgan fingerprint density at radius 1 is 1.19 bits per heavy atom. The van der Waals surface area contributed by atoms with Crippen molar-refractivity contribution in [1.82, 2.24) is 15.0 Å². The van der Waals surface area contributed by atoms with Crippen LogP contribution in [0.5, 0.6) is 5.75 Å². The minimum absolute atomic E-state index is 0.0511. The molecule has 0 saturated carbocycles. The molecule has 0 bridgehead atoms. The summed E-state index contributed by atoms with van der Waals surface area (Å²) in [5.41, 5.74) is 2.86. The summed E-state index contributed by atoms with van der Waals surface area (Å²) in [5, 5.41) is 4.01. The first kappa shape index (κ1) is 17.7. The van der Waals surface area contributed by atoms with Crippen LogP contribution in [0, 0.1) is 6.92 Å². The highest BCUT2D eigenvalue weighted by Crippen LogP contribution is 2.20. The molecule has 0 aliphatic carbocycles. The minimum atomic E-state index is -0.0511. The number of hydrogen-bond donors (Lipinski definition) is 0. The lowest BCUT2D eigenvalue weighted by Gasteiger charge is -2.15. The number of likely N-dealkylation sites (N-methyl/N-ethyl adjacent to an activating group) is 1. The topological polar surface area (TPSA) is 68.5 Å². The number of carbonyl (C=O) groups is 1. The number of hydrogen-bond acceptors (Lipinski definition) is 5. The second-order valence-corrected chi connectivity index (χ2v) is 6.12. The monoisotopic (exact) mass is 351 g/mol. The van der Waals surface area contributed by atoms with Crippen molar-refractivity contribution in [3.8, 4) is 17.1 Å². The van der Waals surface area contributed by atoms with Crippen LogP contribution in [0.2, 0.25) is 0 Å². The number of para-hydroxylation sites is 1. The molecule has 0 fully saturated rings. The normalized spacial score (nSPS) is 10.6. The third kappa shape index (κ3) is 4.08. The van der Waals surface area contributed by atoms with Crippen LogP contribution in [-0.2, 0) is 17.8 Å². The van der Waals surface area contributed by atoms with Crippen LogP contribution < -0.4 is 4.74 Å². The predicted molar refractivity (Wildman–Crippen MR) is 97.6 cm³/mol. The fraction of sp³-hybridized carbons (Fsp3) is 0.250. The van der Waals surface area contributed by atoms with Gasteiger partial charge in [-0.3, -0.25) is 4.79 Å². The molecule has 0 spiro atoms. The van der Waals surface area contributed by atoms with Gasteiger partial charge in [0.1, 0.15) is 5.75 Å². The molecule has 0 N–H and O–H groups in total. The number of benzene rings is 2. The number of methoxy groups -OCH3 is 1. The number of rotatable bonds is 6. The summed E-state index contributed by atoms with van der Waals surface area (Å²) in [7, 11) is 3.31. The van der Waals surface area contributed by atoms with Gasteiger partial charge in [-0.25, -0.2) is 0 Å². The van der Waals surface area contributed by atoms with E-state index in [1.165, 1.54) is 0 Å². The van der Waals surface area contributed by atoms with Crippen LogP contribution in [0.25, 0.3) is 11.4 Å².